The molecule has 0 amide bonds. The Morgan fingerprint density at radius 1 is 1.27 bits per heavy atom. The fraction of sp³-hybridized carbons (Fsp3) is 0.550. The summed E-state index contributed by atoms with van der Waals surface area (Å²) in [7, 11) is 4.12. The normalized spacial score (nSPS) is 26.7. The van der Waals surface area contributed by atoms with E-state index in [1.165, 1.54) is 0 Å². The molecule has 0 saturated carbocycles. The number of hydrogen-bond acceptors (Lipinski definition) is 6. The molecule has 0 aliphatic carbocycles. The average Bonchev–Trinajstić information content (AvgIpc) is 2.83. The SMILES string of the molecule is CN(C)Cc1cccc(N2c3ncncc3C3(C)COC(C)(C)CC23)n1. The van der Waals surface area contributed by atoms with E-state index in [0.717, 1.165) is 35.9 Å². The number of nitrogens with zero attached hydrogens (tertiary/aromatic N) is 5. The van der Waals surface area contributed by atoms with E-state index in [1.54, 1.807) is 6.33 Å². The third-order valence-electron chi connectivity index (χ3n) is 5.55. The summed E-state index contributed by atoms with van der Waals surface area (Å²) in [6, 6.07) is 6.50. The lowest BCUT2D eigenvalue weighted by atomic mass is 9.73. The van der Waals surface area contributed by atoms with Crippen LogP contribution in [0.1, 0.15) is 38.4 Å². The number of ether oxygens (including phenoxy) is 1. The maximum Gasteiger partial charge on any atom is 0.141 e. The second kappa shape index (κ2) is 5.99. The van der Waals surface area contributed by atoms with Crippen molar-refractivity contribution in [3.63, 3.8) is 0 Å². The third kappa shape index (κ3) is 2.77. The van der Waals surface area contributed by atoms with Gasteiger partial charge in [0.1, 0.15) is 18.0 Å². The van der Waals surface area contributed by atoms with Crippen LogP contribution in [-0.2, 0) is 16.7 Å². The Kier molecular flexibility index (Phi) is 4.00. The molecule has 0 N–H and O–H groups in total. The molecule has 2 aromatic heterocycles. The first-order chi connectivity index (χ1) is 12.3. The number of rotatable bonds is 3. The van der Waals surface area contributed by atoms with Crippen LogP contribution in [0.25, 0.3) is 0 Å². The second-order valence-corrected chi connectivity index (χ2v) is 8.54. The summed E-state index contributed by atoms with van der Waals surface area (Å²) in [5.74, 6) is 1.92. The molecule has 2 unspecified atom stereocenters. The summed E-state index contributed by atoms with van der Waals surface area (Å²) >= 11 is 0. The Morgan fingerprint density at radius 3 is 2.85 bits per heavy atom. The average molecular weight is 353 g/mol. The molecule has 2 aromatic rings. The highest BCUT2D eigenvalue weighted by Crippen LogP contribution is 2.52. The largest absolute Gasteiger partial charge is 0.374 e. The summed E-state index contributed by atoms with van der Waals surface area (Å²) in [4.78, 5) is 18.3. The van der Waals surface area contributed by atoms with Crippen molar-refractivity contribution in [3.8, 4) is 0 Å². The summed E-state index contributed by atoms with van der Waals surface area (Å²) < 4.78 is 6.19. The van der Waals surface area contributed by atoms with Crippen molar-refractivity contribution < 1.29 is 4.74 Å². The Bertz CT molecular complexity index is 821. The summed E-state index contributed by atoms with van der Waals surface area (Å²) in [5, 5.41) is 0. The van der Waals surface area contributed by atoms with E-state index in [1.807, 2.05) is 6.20 Å². The van der Waals surface area contributed by atoms with Crippen LogP contribution in [0.4, 0.5) is 11.6 Å². The number of hydrogen-bond donors (Lipinski definition) is 0. The highest BCUT2D eigenvalue weighted by atomic mass is 16.5. The summed E-state index contributed by atoms with van der Waals surface area (Å²) in [5.41, 5.74) is 1.91. The third-order valence-corrected chi connectivity index (χ3v) is 5.55. The molecule has 0 radical (unpaired) electrons. The molecule has 6 heteroatoms. The van der Waals surface area contributed by atoms with Crippen molar-refractivity contribution in [2.75, 3.05) is 25.6 Å². The molecule has 138 valence electrons. The van der Waals surface area contributed by atoms with Gasteiger partial charge in [0, 0.05) is 23.7 Å². The number of fused-ring (bicyclic) bond motifs is 3. The Morgan fingerprint density at radius 2 is 2.08 bits per heavy atom. The Hall–Kier alpha value is -2.05. The van der Waals surface area contributed by atoms with Gasteiger partial charge in [0.2, 0.25) is 0 Å². The lowest BCUT2D eigenvalue weighted by Gasteiger charge is -2.46. The van der Waals surface area contributed by atoms with Crippen LogP contribution in [0.15, 0.2) is 30.7 Å². The molecule has 0 aromatic carbocycles. The van der Waals surface area contributed by atoms with Crippen molar-refractivity contribution >= 4 is 11.6 Å². The molecule has 0 spiro atoms. The van der Waals surface area contributed by atoms with E-state index in [2.05, 4.69) is 72.8 Å². The van der Waals surface area contributed by atoms with Gasteiger partial charge >= 0.3 is 0 Å². The molecule has 4 heterocycles. The predicted octanol–water partition coefficient (Wildman–Crippen LogP) is 2.91. The van der Waals surface area contributed by atoms with Crippen molar-refractivity contribution in [1.82, 2.24) is 19.9 Å². The molecule has 0 bridgehead atoms. The second-order valence-electron chi connectivity index (χ2n) is 8.54. The van der Waals surface area contributed by atoms with Crippen LogP contribution in [0.2, 0.25) is 0 Å². The van der Waals surface area contributed by atoms with Gasteiger partial charge in [-0.05, 0) is 46.5 Å². The Balaban J connectivity index is 1.82. The highest BCUT2D eigenvalue weighted by molar-refractivity contribution is 5.68. The Labute approximate surface area is 155 Å². The van der Waals surface area contributed by atoms with Crippen LogP contribution in [0.3, 0.4) is 0 Å². The molecule has 26 heavy (non-hydrogen) atoms. The van der Waals surface area contributed by atoms with E-state index in [0.29, 0.717) is 6.61 Å². The van der Waals surface area contributed by atoms with Gasteiger partial charge in [0.05, 0.1) is 23.9 Å². The van der Waals surface area contributed by atoms with Gasteiger partial charge in [-0.2, -0.15) is 0 Å². The topological polar surface area (TPSA) is 54.4 Å². The molecule has 1 saturated heterocycles. The van der Waals surface area contributed by atoms with E-state index in [-0.39, 0.29) is 17.1 Å². The van der Waals surface area contributed by atoms with Crippen LogP contribution < -0.4 is 4.90 Å². The standard InChI is InChI=1S/C20H27N5O/c1-19(2)9-16-20(3,12-26-19)15-10-21-13-22-18(15)25(16)17-8-6-7-14(23-17)11-24(4)5/h6-8,10,13,16H,9,11-12H2,1-5H3. The fourth-order valence-electron chi connectivity index (χ4n) is 4.17. The fourth-order valence-corrected chi connectivity index (χ4v) is 4.17. The lowest BCUT2D eigenvalue weighted by molar-refractivity contribution is -0.0893. The number of pyridine rings is 1. The number of anilines is 2. The molecular formula is C20H27N5O. The first-order valence-corrected chi connectivity index (χ1v) is 9.14. The monoisotopic (exact) mass is 353 g/mol. The summed E-state index contributed by atoms with van der Waals surface area (Å²) in [6.45, 7) is 8.07. The summed E-state index contributed by atoms with van der Waals surface area (Å²) in [6.07, 6.45) is 4.49. The van der Waals surface area contributed by atoms with E-state index in [9.17, 15) is 0 Å². The van der Waals surface area contributed by atoms with Crippen LogP contribution in [0.5, 0.6) is 0 Å². The van der Waals surface area contributed by atoms with Gasteiger partial charge < -0.3 is 14.5 Å². The van der Waals surface area contributed by atoms with Gasteiger partial charge in [0.25, 0.3) is 0 Å². The van der Waals surface area contributed by atoms with Crippen molar-refractivity contribution in [2.24, 2.45) is 0 Å². The maximum absolute atomic E-state index is 6.19. The first kappa shape index (κ1) is 17.4. The minimum atomic E-state index is -0.168. The van der Waals surface area contributed by atoms with E-state index < -0.39 is 0 Å². The van der Waals surface area contributed by atoms with Crippen molar-refractivity contribution in [2.45, 2.75) is 50.8 Å². The van der Waals surface area contributed by atoms with Gasteiger partial charge in [-0.3, -0.25) is 0 Å². The minimum absolute atomic E-state index is 0.134. The zero-order valence-electron chi connectivity index (χ0n) is 16.2. The smallest absolute Gasteiger partial charge is 0.141 e. The molecule has 2 aliphatic heterocycles. The number of aromatic nitrogens is 3. The zero-order valence-corrected chi connectivity index (χ0v) is 16.2. The lowest BCUT2D eigenvalue weighted by Crippen LogP contribution is -2.54. The van der Waals surface area contributed by atoms with Crippen molar-refractivity contribution in [3.05, 3.63) is 42.0 Å². The van der Waals surface area contributed by atoms with Crippen molar-refractivity contribution in [1.29, 1.82) is 0 Å². The van der Waals surface area contributed by atoms with Gasteiger partial charge in [-0.15, -0.1) is 0 Å². The first-order valence-electron chi connectivity index (χ1n) is 9.14. The van der Waals surface area contributed by atoms with Crippen LogP contribution >= 0.6 is 0 Å². The van der Waals surface area contributed by atoms with Crippen LogP contribution in [-0.4, -0.2) is 52.2 Å². The zero-order chi connectivity index (χ0) is 18.5. The molecular weight excluding hydrogens is 326 g/mol. The molecule has 1 fully saturated rings. The molecule has 6 nitrogen and oxygen atoms in total. The van der Waals surface area contributed by atoms with Gasteiger partial charge in [0.15, 0.2) is 0 Å². The predicted molar refractivity (Wildman–Crippen MR) is 102 cm³/mol. The maximum atomic E-state index is 6.19. The molecule has 2 aliphatic rings. The van der Waals surface area contributed by atoms with Gasteiger partial charge in [-0.25, -0.2) is 15.0 Å². The van der Waals surface area contributed by atoms with Crippen LogP contribution in [0, 0.1) is 0 Å². The minimum Gasteiger partial charge on any atom is -0.374 e. The van der Waals surface area contributed by atoms with E-state index >= 15 is 0 Å². The molecule has 4 rings (SSSR count). The highest BCUT2D eigenvalue weighted by Gasteiger charge is 2.55. The van der Waals surface area contributed by atoms with Gasteiger partial charge in [-0.1, -0.05) is 13.0 Å². The molecule has 2 atom stereocenters. The van der Waals surface area contributed by atoms with E-state index in [4.69, 9.17) is 9.72 Å². The quantitative estimate of drug-likeness (QED) is 0.846.